The molecule has 0 radical (unpaired) electrons. The van der Waals surface area contributed by atoms with Gasteiger partial charge in [-0.2, -0.15) is 0 Å². The van der Waals surface area contributed by atoms with E-state index >= 15 is 0 Å². The highest BCUT2D eigenvalue weighted by atomic mass is 19.1. The molecule has 0 amide bonds. The summed E-state index contributed by atoms with van der Waals surface area (Å²) in [4.78, 5) is 0. The van der Waals surface area contributed by atoms with E-state index in [1.807, 2.05) is 25.1 Å². The molecular weight excluding hydrogens is 260 g/mol. The average molecular weight is 277 g/mol. The maximum absolute atomic E-state index is 13.9. The summed E-state index contributed by atoms with van der Waals surface area (Å²) in [6.07, 6.45) is 0. The van der Waals surface area contributed by atoms with Crippen LogP contribution in [0.4, 0.5) is 8.78 Å². The van der Waals surface area contributed by atoms with Gasteiger partial charge in [-0.15, -0.1) is 0 Å². The quantitative estimate of drug-likeness (QED) is 0.922. The fraction of sp³-hybridized carbons (Fsp3) is 0.250. The smallest absolute Gasteiger partial charge is 0.131 e. The number of methoxy groups -OCH3 is 1. The number of halogens is 2. The van der Waals surface area contributed by atoms with Gasteiger partial charge in [0.05, 0.1) is 13.2 Å². The van der Waals surface area contributed by atoms with Crippen molar-refractivity contribution in [3.63, 3.8) is 0 Å². The standard InChI is InChI=1S/C16H17F2NO/c1-10-4-5-11(8-15(10)20-3)16(19-2)13-7-6-12(17)9-14(13)18/h4-9,16,19H,1-3H3. The fourth-order valence-corrected chi connectivity index (χ4v) is 2.25. The van der Waals surface area contributed by atoms with Gasteiger partial charge in [-0.25, -0.2) is 8.78 Å². The zero-order valence-electron chi connectivity index (χ0n) is 11.7. The van der Waals surface area contributed by atoms with Gasteiger partial charge in [0.25, 0.3) is 0 Å². The van der Waals surface area contributed by atoms with Gasteiger partial charge in [0, 0.05) is 11.6 Å². The number of ether oxygens (including phenoxy) is 1. The Balaban J connectivity index is 2.46. The summed E-state index contributed by atoms with van der Waals surface area (Å²) in [6, 6.07) is 8.93. The minimum atomic E-state index is -0.581. The van der Waals surface area contributed by atoms with Gasteiger partial charge in [-0.3, -0.25) is 0 Å². The van der Waals surface area contributed by atoms with E-state index < -0.39 is 11.6 Å². The lowest BCUT2D eigenvalue weighted by Crippen LogP contribution is -2.19. The van der Waals surface area contributed by atoms with Crippen molar-refractivity contribution in [2.24, 2.45) is 0 Å². The van der Waals surface area contributed by atoms with Gasteiger partial charge >= 0.3 is 0 Å². The first-order chi connectivity index (χ1) is 9.56. The molecule has 0 aliphatic rings. The Bertz CT molecular complexity index is 613. The summed E-state index contributed by atoms with van der Waals surface area (Å²) in [5.74, 6) is -0.406. The maximum Gasteiger partial charge on any atom is 0.131 e. The average Bonchev–Trinajstić information content (AvgIpc) is 2.43. The van der Waals surface area contributed by atoms with Crippen molar-refractivity contribution >= 4 is 0 Å². The molecule has 1 atom stereocenters. The van der Waals surface area contributed by atoms with E-state index in [0.29, 0.717) is 5.56 Å². The normalized spacial score (nSPS) is 12.2. The summed E-state index contributed by atoms with van der Waals surface area (Å²) >= 11 is 0. The third-order valence-electron chi connectivity index (χ3n) is 3.33. The molecule has 20 heavy (non-hydrogen) atoms. The Morgan fingerprint density at radius 1 is 1.10 bits per heavy atom. The van der Waals surface area contributed by atoms with Crippen LogP contribution in [0.15, 0.2) is 36.4 Å². The predicted molar refractivity (Wildman–Crippen MR) is 75.0 cm³/mol. The third kappa shape index (κ3) is 2.80. The number of benzene rings is 2. The fourth-order valence-electron chi connectivity index (χ4n) is 2.25. The zero-order valence-corrected chi connectivity index (χ0v) is 11.7. The van der Waals surface area contributed by atoms with E-state index in [1.54, 1.807) is 14.2 Å². The summed E-state index contributed by atoms with van der Waals surface area (Å²) in [6.45, 7) is 1.94. The van der Waals surface area contributed by atoms with Gasteiger partial charge in [0.15, 0.2) is 0 Å². The second kappa shape index (κ2) is 6.01. The number of rotatable bonds is 4. The summed E-state index contributed by atoms with van der Waals surface area (Å²) in [7, 11) is 3.33. The summed E-state index contributed by atoms with van der Waals surface area (Å²) in [5, 5.41) is 3.05. The number of hydrogen-bond donors (Lipinski definition) is 1. The van der Waals surface area contributed by atoms with E-state index in [4.69, 9.17) is 4.74 Å². The SMILES string of the molecule is CNC(c1ccc(C)c(OC)c1)c1ccc(F)cc1F. The van der Waals surface area contributed by atoms with Crippen LogP contribution in [0.5, 0.6) is 5.75 Å². The lowest BCUT2D eigenvalue weighted by molar-refractivity contribution is 0.410. The van der Waals surface area contributed by atoms with Gasteiger partial charge < -0.3 is 10.1 Å². The van der Waals surface area contributed by atoms with Crippen LogP contribution in [-0.4, -0.2) is 14.2 Å². The van der Waals surface area contributed by atoms with E-state index in [1.165, 1.54) is 12.1 Å². The molecule has 2 aromatic rings. The van der Waals surface area contributed by atoms with Crippen molar-refractivity contribution in [2.75, 3.05) is 14.2 Å². The van der Waals surface area contributed by atoms with Gasteiger partial charge in [-0.1, -0.05) is 18.2 Å². The minimum absolute atomic E-state index is 0.356. The highest BCUT2D eigenvalue weighted by Crippen LogP contribution is 2.28. The molecule has 0 bridgehead atoms. The Morgan fingerprint density at radius 3 is 2.45 bits per heavy atom. The van der Waals surface area contributed by atoms with Crippen LogP contribution >= 0.6 is 0 Å². The van der Waals surface area contributed by atoms with E-state index in [0.717, 1.165) is 22.9 Å². The van der Waals surface area contributed by atoms with Crippen LogP contribution in [0.3, 0.4) is 0 Å². The lowest BCUT2D eigenvalue weighted by atomic mass is 9.97. The van der Waals surface area contributed by atoms with E-state index in [-0.39, 0.29) is 6.04 Å². The lowest BCUT2D eigenvalue weighted by Gasteiger charge is -2.19. The van der Waals surface area contributed by atoms with Gasteiger partial charge in [0.2, 0.25) is 0 Å². The molecule has 1 unspecified atom stereocenters. The highest BCUT2D eigenvalue weighted by molar-refractivity contribution is 5.41. The Kier molecular flexibility index (Phi) is 4.35. The van der Waals surface area contributed by atoms with Crippen molar-refractivity contribution < 1.29 is 13.5 Å². The second-order valence-electron chi connectivity index (χ2n) is 4.62. The van der Waals surface area contributed by atoms with Crippen LogP contribution in [0.2, 0.25) is 0 Å². The molecule has 0 aromatic heterocycles. The van der Waals surface area contributed by atoms with Crippen molar-refractivity contribution in [3.05, 3.63) is 64.7 Å². The number of hydrogen-bond acceptors (Lipinski definition) is 2. The molecule has 2 aromatic carbocycles. The van der Waals surface area contributed by atoms with Crippen LogP contribution < -0.4 is 10.1 Å². The molecule has 0 heterocycles. The molecule has 0 aliphatic carbocycles. The van der Waals surface area contributed by atoms with Crippen LogP contribution in [0.25, 0.3) is 0 Å². The monoisotopic (exact) mass is 277 g/mol. The van der Waals surface area contributed by atoms with Crippen molar-refractivity contribution in [3.8, 4) is 5.75 Å². The first kappa shape index (κ1) is 14.5. The molecule has 106 valence electrons. The Hall–Kier alpha value is -1.94. The number of aryl methyl sites for hydroxylation is 1. The van der Waals surface area contributed by atoms with E-state index in [2.05, 4.69) is 5.32 Å². The third-order valence-corrected chi connectivity index (χ3v) is 3.33. The van der Waals surface area contributed by atoms with Gasteiger partial charge in [-0.05, 0) is 37.2 Å². The molecule has 0 aliphatic heterocycles. The first-order valence-corrected chi connectivity index (χ1v) is 6.33. The first-order valence-electron chi connectivity index (χ1n) is 6.33. The molecule has 0 fully saturated rings. The topological polar surface area (TPSA) is 21.3 Å². The predicted octanol–water partition coefficient (Wildman–Crippen LogP) is 3.59. The van der Waals surface area contributed by atoms with Crippen LogP contribution in [-0.2, 0) is 0 Å². The van der Waals surface area contributed by atoms with E-state index in [9.17, 15) is 8.78 Å². The molecule has 4 heteroatoms. The molecule has 0 saturated heterocycles. The summed E-state index contributed by atoms with van der Waals surface area (Å²) in [5.41, 5.74) is 2.27. The Labute approximate surface area is 117 Å². The second-order valence-corrected chi connectivity index (χ2v) is 4.62. The van der Waals surface area contributed by atoms with Crippen molar-refractivity contribution in [1.82, 2.24) is 5.32 Å². The molecule has 0 saturated carbocycles. The Morgan fingerprint density at radius 2 is 1.85 bits per heavy atom. The zero-order chi connectivity index (χ0) is 14.7. The molecular formula is C16H17F2NO. The van der Waals surface area contributed by atoms with Crippen molar-refractivity contribution in [2.45, 2.75) is 13.0 Å². The number of nitrogens with one attached hydrogen (secondary N) is 1. The van der Waals surface area contributed by atoms with Gasteiger partial charge in [0.1, 0.15) is 17.4 Å². The molecule has 1 N–H and O–H groups in total. The highest BCUT2D eigenvalue weighted by Gasteiger charge is 2.17. The maximum atomic E-state index is 13.9. The molecule has 2 rings (SSSR count). The van der Waals surface area contributed by atoms with Crippen LogP contribution in [0, 0.1) is 18.6 Å². The van der Waals surface area contributed by atoms with Crippen LogP contribution in [0.1, 0.15) is 22.7 Å². The summed E-state index contributed by atoms with van der Waals surface area (Å²) < 4.78 is 32.2. The molecule has 0 spiro atoms. The molecule has 2 nitrogen and oxygen atoms in total. The largest absolute Gasteiger partial charge is 0.496 e. The minimum Gasteiger partial charge on any atom is -0.496 e. The van der Waals surface area contributed by atoms with Crippen molar-refractivity contribution in [1.29, 1.82) is 0 Å².